The van der Waals surface area contributed by atoms with Gasteiger partial charge < -0.3 is 9.88 Å². The summed E-state index contributed by atoms with van der Waals surface area (Å²) in [5.74, 6) is 1.31. The monoisotopic (exact) mass is 412 g/mol. The van der Waals surface area contributed by atoms with E-state index in [1.165, 1.54) is 0 Å². The van der Waals surface area contributed by atoms with E-state index in [4.69, 9.17) is 11.6 Å². The fourth-order valence-corrected chi connectivity index (χ4v) is 3.61. The van der Waals surface area contributed by atoms with Crippen LogP contribution in [0.1, 0.15) is 27.3 Å². The van der Waals surface area contributed by atoms with Crippen LogP contribution < -0.4 is 5.32 Å². The minimum absolute atomic E-state index is 0.136. The first-order valence-corrected chi connectivity index (χ1v) is 10.2. The first-order chi connectivity index (χ1) is 13.6. The fraction of sp³-hybridized carbons (Fsp3) is 0.190. The first kappa shape index (κ1) is 20.2. The van der Waals surface area contributed by atoms with Crippen LogP contribution in [-0.2, 0) is 18.8 Å². The Morgan fingerprint density at radius 2 is 1.89 bits per heavy atom. The molecule has 0 atom stereocenters. The summed E-state index contributed by atoms with van der Waals surface area (Å²) in [7, 11) is 0. The lowest BCUT2D eigenvalue weighted by Crippen LogP contribution is -2.24. The van der Waals surface area contributed by atoms with Crippen LogP contribution in [-0.4, -0.2) is 20.7 Å². The van der Waals surface area contributed by atoms with Gasteiger partial charge in [0.2, 0.25) is 0 Å². The smallest absolute Gasteiger partial charge is 0.251 e. The van der Waals surface area contributed by atoms with Crippen LogP contribution in [0.4, 0.5) is 0 Å². The van der Waals surface area contributed by atoms with Crippen molar-refractivity contribution in [3.63, 3.8) is 0 Å². The average Bonchev–Trinajstić information content (AvgIpc) is 3.08. The first-order valence-electron chi connectivity index (χ1n) is 8.82. The van der Waals surface area contributed by atoms with Gasteiger partial charge in [-0.15, -0.1) is 16.8 Å². The van der Waals surface area contributed by atoms with E-state index < -0.39 is 0 Å². The zero-order valence-electron chi connectivity index (χ0n) is 15.6. The Balaban J connectivity index is 1.65. The Labute approximate surface area is 173 Å². The van der Waals surface area contributed by atoms with E-state index >= 15 is 0 Å². The number of halogens is 1. The van der Waals surface area contributed by atoms with E-state index in [0.717, 1.165) is 27.1 Å². The third-order valence-electron chi connectivity index (χ3n) is 4.11. The number of hydrogen-bond donors (Lipinski definition) is 1. The molecule has 1 amide bonds. The number of aromatic nitrogens is 3. The van der Waals surface area contributed by atoms with Crippen LogP contribution in [0, 0.1) is 6.92 Å². The molecule has 3 rings (SSSR count). The number of carbonyl (C=O) groups is 1. The number of rotatable bonds is 8. The summed E-state index contributed by atoms with van der Waals surface area (Å²) < 4.78 is 1.96. The number of nitrogens with zero attached hydrogens (tertiary/aromatic N) is 3. The predicted molar refractivity (Wildman–Crippen MR) is 114 cm³/mol. The van der Waals surface area contributed by atoms with Crippen molar-refractivity contribution in [2.24, 2.45) is 0 Å². The quantitative estimate of drug-likeness (QED) is 0.432. The van der Waals surface area contributed by atoms with Gasteiger partial charge in [-0.05, 0) is 36.8 Å². The van der Waals surface area contributed by atoms with Gasteiger partial charge in [0.1, 0.15) is 0 Å². The highest BCUT2D eigenvalue weighted by atomic mass is 35.5. The van der Waals surface area contributed by atoms with E-state index in [1.807, 2.05) is 60.0 Å². The molecule has 1 aromatic heterocycles. The van der Waals surface area contributed by atoms with Gasteiger partial charge in [-0.3, -0.25) is 4.79 Å². The third-order valence-corrected chi connectivity index (χ3v) is 5.40. The molecule has 28 heavy (non-hydrogen) atoms. The van der Waals surface area contributed by atoms with Crippen molar-refractivity contribution >= 4 is 29.3 Å². The van der Waals surface area contributed by atoms with Crippen molar-refractivity contribution in [3.05, 3.63) is 88.7 Å². The van der Waals surface area contributed by atoms with Gasteiger partial charge in [-0.25, -0.2) is 0 Å². The summed E-state index contributed by atoms with van der Waals surface area (Å²) in [6.45, 7) is 6.67. The summed E-state index contributed by atoms with van der Waals surface area (Å²) in [5, 5.41) is 12.9. The molecule has 0 aliphatic rings. The highest BCUT2D eigenvalue weighted by molar-refractivity contribution is 7.98. The second-order valence-corrected chi connectivity index (χ2v) is 7.64. The van der Waals surface area contributed by atoms with Crippen LogP contribution >= 0.6 is 23.4 Å². The van der Waals surface area contributed by atoms with Crippen molar-refractivity contribution in [1.29, 1.82) is 0 Å². The van der Waals surface area contributed by atoms with Crippen LogP contribution in [0.2, 0.25) is 5.02 Å². The van der Waals surface area contributed by atoms with Crippen LogP contribution in [0.3, 0.4) is 0 Å². The number of benzene rings is 2. The number of allylic oxidation sites excluding steroid dienone is 1. The lowest BCUT2D eigenvalue weighted by molar-refractivity contribution is 0.0949. The molecule has 7 heteroatoms. The summed E-state index contributed by atoms with van der Waals surface area (Å²) in [4.78, 5) is 12.3. The van der Waals surface area contributed by atoms with Crippen molar-refractivity contribution < 1.29 is 4.79 Å². The molecular weight excluding hydrogens is 392 g/mol. The summed E-state index contributed by atoms with van der Waals surface area (Å²) >= 11 is 7.52. The van der Waals surface area contributed by atoms with E-state index in [2.05, 4.69) is 22.1 Å². The molecule has 0 aliphatic carbocycles. The normalized spacial score (nSPS) is 10.6. The number of amides is 1. The minimum atomic E-state index is -0.136. The minimum Gasteiger partial charge on any atom is -0.345 e. The van der Waals surface area contributed by atoms with Crippen LogP contribution in [0.5, 0.6) is 0 Å². The number of thioether (sulfide) groups is 1. The van der Waals surface area contributed by atoms with E-state index in [-0.39, 0.29) is 5.91 Å². The second kappa shape index (κ2) is 9.57. The largest absolute Gasteiger partial charge is 0.345 e. The lowest BCUT2D eigenvalue weighted by atomic mass is 10.1. The second-order valence-electron chi connectivity index (χ2n) is 6.26. The molecule has 0 saturated carbocycles. The molecule has 0 spiro atoms. The highest BCUT2D eigenvalue weighted by Gasteiger charge is 2.13. The van der Waals surface area contributed by atoms with Gasteiger partial charge in [0.05, 0.1) is 6.54 Å². The van der Waals surface area contributed by atoms with Crippen LogP contribution in [0.25, 0.3) is 0 Å². The predicted octanol–water partition coefficient (Wildman–Crippen LogP) is 4.65. The van der Waals surface area contributed by atoms with Gasteiger partial charge in [-0.2, -0.15) is 0 Å². The molecular formula is C21H21ClN4OS. The average molecular weight is 413 g/mol. The van der Waals surface area contributed by atoms with Gasteiger partial charge in [0.25, 0.3) is 5.91 Å². The molecule has 0 fully saturated rings. The molecule has 2 aromatic carbocycles. The molecule has 1 heterocycles. The van der Waals surface area contributed by atoms with E-state index in [9.17, 15) is 4.79 Å². The Morgan fingerprint density at radius 3 is 2.57 bits per heavy atom. The fourth-order valence-electron chi connectivity index (χ4n) is 2.56. The van der Waals surface area contributed by atoms with Gasteiger partial charge in [-0.1, -0.05) is 59.3 Å². The zero-order chi connectivity index (χ0) is 19.9. The van der Waals surface area contributed by atoms with Gasteiger partial charge >= 0.3 is 0 Å². The third kappa shape index (κ3) is 5.24. The Kier molecular flexibility index (Phi) is 6.90. The molecule has 0 saturated heterocycles. The van der Waals surface area contributed by atoms with Crippen molar-refractivity contribution in [2.75, 3.05) is 0 Å². The van der Waals surface area contributed by atoms with Crippen molar-refractivity contribution in [2.45, 2.75) is 30.9 Å². The number of nitrogens with one attached hydrogen (secondary N) is 1. The Bertz CT molecular complexity index is 952. The molecule has 0 bridgehead atoms. The summed E-state index contributed by atoms with van der Waals surface area (Å²) in [5.41, 5.74) is 2.89. The number of hydrogen-bond acceptors (Lipinski definition) is 4. The topological polar surface area (TPSA) is 59.8 Å². The molecule has 3 aromatic rings. The molecule has 0 radical (unpaired) electrons. The zero-order valence-corrected chi connectivity index (χ0v) is 17.1. The van der Waals surface area contributed by atoms with Crippen LogP contribution in [0.15, 0.2) is 66.3 Å². The maximum Gasteiger partial charge on any atom is 0.251 e. The molecule has 144 valence electrons. The lowest BCUT2D eigenvalue weighted by Gasteiger charge is -2.09. The number of carbonyl (C=O) groups excluding carboxylic acids is 1. The van der Waals surface area contributed by atoms with E-state index in [1.54, 1.807) is 17.8 Å². The standard InChI is InChI=1S/C21H21ClN4OS/c1-3-12-26-19(13-23-20(27)17-8-4-15(2)5-9-17)24-25-21(26)28-14-16-6-10-18(22)11-7-16/h3-11H,1,12-14H2,2H3,(H,23,27). The Morgan fingerprint density at radius 1 is 1.18 bits per heavy atom. The summed E-state index contributed by atoms with van der Waals surface area (Å²) in [6.07, 6.45) is 1.79. The molecule has 0 aliphatic heterocycles. The SMILES string of the molecule is C=CCn1c(CNC(=O)c2ccc(C)cc2)nnc1SCc1ccc(Cl)cc1. The Hall–Kier alpha value is -2.57. The molecule has 0 unspecified atom stereocenters. The van der Waals surface area contributed by atoms with Gasteiger partial charge in [0.15, 0.2) is 11.0 Å². The maximum atomic E-state index is 12.3. The number of aryl methyl sites for hydroxylation is 1. The van der Waals surface area contributed by atoms with E-state index in [0.29, 0.717) is 24.5 Å². The van der Waals surface area contributed by atoms with Crippen molar-refractivity contribution in [3.8, 4) is 0 Å². The maximum absolute atomic E-state index is 12.3. The summed E-state index contributed by atoms with van der Waals surface area (Å²) in [6, 6.07) is 15.2. The van der Waals surface area contributed by atoms with Crippen molar-refractivity contribution in [1.82, 2.24) is 20.1 Å². The molecule has 1 N–H and O–H groups in total. The van der Waals surface area contributed by atoms with Gasteiger partial charge in [0, 0.05) is 22.9 Å². The highest BCUT2D eigenvalue weighted by Crippen LogP contribution is 2.23. The molecule has 5 nitrogen and oxygen atoms in total.